The fourth-order valence-electron chi connectivity index (χ4n) is 1.80. The molecular formula is C11H13F2N. The molecule has 0 aromatic heterocycles. The molecule has 3 heteroatoms. The summed E-state index contributed by atoms with van der Waals surface area (Å²) in [6.07, 6.45) is 0. The lowest BCUT2D eigenvalue weighted by atomic mass is 10.1. The Hall–Kier alpha value is -0.960. The second kappa shape index (κ2) is 3.31. The molecule has 0 radical (unpaired) electrons. The van der Waals surface area contributed by atoms with E-state index in [0.717, 1.165) is 0 Å². The summed E-state index contributed by atoms with van der Waals surface area (Å²) < 4.78 is 26.6. The van der Waals surface area contributed by atoms with Gasteiger partial charge in [-0.25, -0.2) is 8.78 Å². The van der Waals surface area contributed by atoms with Gasteiger partial charge in [-0.2, -0.15) is 0 Å². The highest BCUT2D eigenvalue weighted by Gasteiger charge is 2.26. The second-order valence-corrected chi connectivity index (χ2v) is 3.99. The Kier molecular flexibility index (Phi) is 2.27. The Morgan fingerprint density at radius 1 is 1.07 bits per heavy atom. The van der Waals surface area contributed by atoms with Gasteiger partial charge in [0.25, 0.3) is 0 Å². The molecule has 1 aliphatic heterocycles. The Balaban J connectivity index is 2.38. The van der Waals surface area contributed by atoms with Crippen LogP contribution >= 0.6 is 0 Å². The predicted octanol–water partition coefficient (Wildman–Crippen LogP) is 2.69. The average Bonchev–Trinajstić information content (AvgIpc) is 2.57. The molecule has 0 saturated heterocycles. The molecule has 0 unspecified atom stereocenters. The minimum absolute atomic E-state index is 0.287. The van der Waals surface area contributed by atoms with Crippen molar-refractivity contribution in [3.05, 3.63) is 34.9 Å². The number of hydrogen-bond acceptors (Lipinski definition) is 1. The van der Waals surface area contributed by atoms with E-state index in [0.29, 0.717) is 30.3 Å². The van der Waals surface area contributed by atoms with Gasteiger partial charge in [-0.1, -0.05) is 0 Å². The maximum absolute atomic E-state index is 13.3. The number of halogens is 2. The van der Waals surface area contributed by atoms with Crippen LogP contribution < -0.4 is 0 Å². The molecule has 0 bridgehead atoms. The van der Waals surface area contributed by atoms with Crippen molar-refractivity contribution in [2.45, 2.75) is 33.0 Å². The van der Waals surface area contributed by atoms with Gasteiger partial charge in [0, 0.05) is 30.3 Å². The fourth-order valence-corrected chi connectivity index (χ4v) is 1.80. The molecule has 14 heavy (non-hydrogen) atoms. The van der Waals surface area contributed by atoms with E-state index in [1.54, 1.807) is 0 Å². The molecule has 1 heterocycles. The summed E-state index contributed by atoms with van der Waals surface area (Å²) in [5.74, 6) is -0.575. The van der Waals surface area contributed by atoms with Gasteiger partial charge in [-0.3, -0.25) is 4.90 Å². The largest absolute Gasteiger partial charge is 0.292 e. The summed E-state index contributed by atoms with van der Waals surface area (Å²) in [5, 5.41) is 0. The number of fused-ring (bicyclic) bond motifs is 1. The van der Waals surface area contributed by atoms with Gasteiger partial charge < -0.3 is 0 Å². The van der Waals surface area contributed by atoms with Crippen molar-refractivity contribution in [1.29, 1.82) is 0 Å². The van der Waals surface area contributed by atoms with Crippen LogP contribution in [0.15, 0.2) is 12.1 Å². The maximum Gasteiger partial charge on any atom is 0.128 e. The molecule has 0 N–H and O–H groups in total. The topological polar surface area (TPSA) is 3.24 Å². The van der Waals surface area contributed by atoms with Gasteiger partial charge in [-0.05, 0) is 26.0 Å². The van der Waals surface area contributed by atoms with Crippen LogP contribution in [0.25, 0.3) is 0 Å². The van der Waals surface area contributed by atoms with Crippen molar-refractivity contribution in [2.24, 2.45) is 0 Å². The fraction of sp³-hybridized carbons (Fsp3) is 0.455. The lowest BCUT2D eigenvalue weighted by Crippen LogP contribution is -2.24. The van der Waals surface area contributed by atoms with Gasteiger partial charge in [0.2, 0.25) is 0 Å². The second-order valence-electron chi connectivity index (χ2n) is 3.99. The van der Waals surface area contributed by atoms with E-state index in [1.165, 1.54) is 12.1 Å². The SMILES string of the molecule is CC(C)N1Cc2c(F)ccc(F)c2C1. The molecule has 0 amide bonds. The molecular weight excluding hydrogens is 184 g/mol. The summed E-state index contributed by atoms with van der Waals surface area (Å²) in [6.45, 7) is 5.11. The number of nitrogens with zero attached hydrogens (tertiary/aromatic N) is 1. The van der Waals surface area contributed by atoms with Crippen LogP contribution in [0, 0.1) is 11.6 Å². The molecule has 0 saturated carbocycles. The van der Waals surface area contributed by atoms with Crippen LogP contribution in [0.2, 0.25) is 0 Å². The van der Waals surface area contributed by atoms with Gasteiger partial charge in [0.1, 0.15) is 11.6 Å². The number of hydrogen-bond donors (Lipinski definition) is 0. The first-order valence-electron chi connectivity index (χ1n) is 4.79. The first kappa shape index (κ1) is 9.59. The van der Waals surface area contributed by atoms with Gasteiger partial charge >= 0.3 is 0 Å². The summed E-state index contributed by atoms with van der Waals surface area (Å²) >= 11 is 0. The van der Waals surface area contributed by atoms with Crippen molar-refractivity contribution >= 4 is 0 Å². The average molecular weight is 197 g/mol. The Labute approximate surface area is 82.3 Å². The maximum atomic E-state index is 13.3. The van der Waals surface area contributed by atoms with Crippen LogP contribution in [0.5, 0.6) is 0 Å². The van der Waals surface area contributed by atoms with Crippen LogP contribution in [-0.2, 0) is 13.1 Å². The van der Waals surface area contributed by atoms with E-state index >= 15 is 0 Å². The standard InChI is InChI=1S/C11H13F2N/c1-7(2)14-5-8-9(6-14)11(13)4-3-10(8)12/h3-4,7H,5-6H2,1-2H3. The van der Waals surface area contributed by atoms with E-state index in [9.17, 15) is 8.78 Å². The van der Waals surface area contributed by atoms with Crippen molar-refractivity contribution in [3.63, 3.8) is 0 Å². The van der Waals surface area contributed by atoms with E-state index in [-0.39, 0.29) is 11.6 Å². The van der Waals surface area contributed by atoms with Crippen LogP contribution in [0.4, 0.5) is 8.78 Å². The molecule has 0 atom stereocenters. The van der Waals surface area contributed by atoms with Crippen molar-refractivity contribution in [2.75, 3.05) is 0 Å². The smallest absolute Gasteiger partial charge is 0.128 e. The number of rotatable bonds is 1. The third-order valence-corrected chi connectivity index (χ3v) is 2.77. The summed E-state index contributed by atoms with van der Waals surface area (Å²) in [5.41, 5.74) is 1.05. The zero-order chi connectivity index (χ0) is 10.3. The number of benzene rings is 1. The minimum Gasteiger partial charge on any atom is -0.292 e. The molecule has 1 aromatic rings. The van der Waals surface area contributed by atoms with E-state index in [1.807, 2.05) is 13.8 Å². The highest BCUT2D eigenvalue weighted by atomic mass is 19.1. The third kappa shape index (κ3) is 1.42. The molecule has 1 aliphatic rings. The van der Waals surface area contributed by atoms with E-state index in [2.05, 4.69) is 4.90 Å². The molecule has 0 fully saturated rings. The van der Waals surface area contributed by atoms with E-state index < -0.39 is 0 Å². The van der Waals surface area contributed by atoms with Crippen molar-refractivity contribution < 1.29 is 8.78 Å². The molecule has 1 nitrogen and oxygen atoms in total. The van der Waals surface area contributed by atoms with Gasteiger partial charge in [0.15, 0.2) is 0 Å². The highest BCUT2D eigenvalue weighted by Crippen LogP contribution is 2.28. The Bertz CT molecular complexity index is 330. The quantitative estimate of drug-likeness (QED) is 0.669. The summed E-state index contributed by atoms with van der Waals surface area (Å²) in [6, 6.07) is 2.73. The molecule has 1 aromatic carbocycles. The first-order valence-corrected chi connectivity index (χ1v) is 4.79. The lowest BCUT2D eigenvalue weighted by Gasteiger charge is -2.18. The molecule has 0 aliphatic carbocycles. The molecule has 76 valence electrons. The van der Waals surface area contributed by atoms with Gasteiger partial charge in [0.05, 0.1) is 0 Å². The van der Waals surface area contributed by atoms with Crippen LogP contribution in [0.3, 0.4) is 0 Å². The van der Waals surface area contributed by atoms with Crippen LogP contribution in [-0.4, -0.2) is 10.9 Å². The van der Waals surface area contributed by atoms with Gasteiger partial charge in [-0.15, -0.1) is 0 Å². The molecule has 2 rings (SSSR count). The molecule has 0 spiro atoms. The highest BCUT2D eigenvalue weighted by molar-refractivity contribution is 5.33. The zero-order valence-electron chi connectivity index (χ0n) is 8.35. The van der Waals surface area contributed by atoms with Crippen LogP contribution in [0.1, 0.15) is 25.0 Å². The Morgan fingerprint density at radius 3 is 1.86 bits per heavy atom. The summed E-state index contributed by atoms with van der Waals surface area (Å²) in [4.78, 5) is 2.05. The Morgan fingerprint density at radius 2 is 1.50 bits per heavy atom. The predicted molar refractivity (Wildman–Crippen MR) is 50.7 cm³/mol. The third-order valence-electron chi connectivity index (χ3n) is 2.77. The minimum atomic E-state index is -0.287. The normalized spacial score (nSPS) is 16.4. The zero-order valence-corrected chi connectivity index (χ0v) is 8.35. The lowest BCUT2D eigenvalue weighted by molar-refractivity contribution is 0.224. The first-order chi connectivity index (χ1) is 6.59. The van der Waals surface area contributed by atoms with E-state index in [4.69, 9.17) is 0 Å². The monoisotopic (exact) mass is 197 g/mol. The summed E-state index contributed by atoms with van der Waals surface area (Å²) in [7, 11) is 0. The van der Waals surface area contributed by atoms with Crippen molar-refractivity contribution in [1.82, 2.24) is 4.90 Å². The van der Waals surface area contributed by atoms with Crippen molar-refractivity contribution in [3.8, 4) is 0 Å².